The largest absolute Gasteiger partial charge is 0.412 e. The Morgan fingerprint density at radius 2 is 1.60 bits per heavy atom. The molecule has 0 saturated heterocycles. The van der Waals surface area contributed by atoms with Crippen molar-refractivity contribution in [1.29, 1.82) is 0 Å². The first-order chi connectivity index (χ1) is 9.35. The minimum atomic E-state index is -4.62. The number of rotatable bonds is 2. The lowest BCUT2D eigenvalue weighted by molar-refractivity contribution is -0.0798. The van der Waals surface area contributed by atoms with Crippen molar-refractivity contribution in [2.45, 2.75) is 44.7 Å². The van der Waals surface area contributed by atoms with Crippen LogP contribution in [0.5, 0.6) is 0 Å². The van der Waals surface area contributed by atoms with Gasteiger partial charge in [-0.25, -0.2) is 4.39 Å². The van der Waals surface area contributed by atoms with Crippen molar-refractivity contribution in [2.75, 3.05) is 0 Å². The summed E-state index contributed by atoms with van der Waals surface area (Å²) in [6, 6.07) is 6.37. The zero-order chi connectivity index (χ0) is 14.8. The fourth-order valence-electron chi connectivity index (χ4n) is 2.73. The normalized spacial score (nSPS) is 24.8. The Morgan fingerprint density at radius 1 is 1.05 bits per heavy atom. The van der Waals surface area contributed by atoms with Gasteiger partial charge >= 0.3 is 6.18 Å². The van der Waals surface area contributed by atoms with Gasteiger partial charge in [0.05, 0.1) is 6.08 Å². The van der Waals surface area contributed by atoms with E-state index in [1.54, 1.807) is 12.1 Å². The van der Waals surface area contributed by atoms with Gasteiger partial charge in [-0.15, -0.1) is 0 Å². The third kappa shape index (κ3) is 4.09. The van der Waals surface area contributed by atoms with E-state index >= 15 is 0 Å². The summed E-state index contributed by atoms with van der Waals surface area (Å²) in [5.74, 6) is -0.0334. The smallest absolute Gasteiger partial charge is 0.206 e. The maximum Gasteiger partial charge on any atom is 0.412 e. The molecule has 1 fully saturated rings. The van der Waals surface area contributed by atoms with Crippen molar-refractivity contribution in [3.8, 4) is 0 Å². The first-order valence-electron chi connectivity index (χ1n) is 6.90. The van der Waals surface area contributed by atoms with Crippen LogP contribution < -0.4 is 0 Å². The van der Waals surface area contributed by atoms with Crippen molar-refractivity contribution in [3.63, 3.8) is 0 Å². The van der Waals surface area contributed by atoms with Crippen LogP contribution in [0.4, 0.5) is 17.6 Å². The molecule has 1 aliphatic carbocycles. The van der Waals surface area contributed by atoms with Gasteiger partial charge in [0, 0.05) is 5.56 Å². The monoisotopic (exact) mass is 286 g/mol. The van der Waals surface area contributed by atoms with Crippen molar-refractivity contribution in [3.05, 3.63) is 41.5 Å². The lowest BCUT2D eigenvalue weighted by atomic mass is 9.79. The average molecular weight is 286 g/mol. The topological polar surface area (TPSA) is 0 Å². The number of hydrogen-bond acceptors (Lipinski definition) is 0. The van der Waals surface area contributed by atoms with Gasteiger partial charge in [-0.05, 0) is 30.2 Å². The Morgan fingerprint density at radius 3 is 2.10 bits per heavy atom. The summed E-state index contributed by atoms with van der Waals surface area (Å²) >= 11 is 0. The van der Waals surface area contributed by atoms with E-state index in [2.05, 4.69) is 6.92 Å². The molecule has 0 spiro atoms. The van der Waals surface area contributed by atoms with Crippen molar-refractivity contribution in [2.24, 2.45) is 5.92 Å². The molecule has 2 rings (SSSR count). The van der Waals surface area contributed by atoms with E-state index < -0.39 is 12.0 Å². The van der Waals surface area contributed by atoms with Gasteiger partial charge in [-0.1, -0.05) is 44.0 Å². The molecule has 1 aromatic carbocycles. The first kappa shape index (κ1) is 15.1. The molecule has 1 aromatic rings. The molecular formula is C16H18F4. The molecule has 0 heterocycles. The summed E-state index contributed by atoms with van der Waals surface area (Å²) in [4.78, 5) is 0. The highest BCUT2D eigenvalue weighted by atomic mass is 19.4. The fourth-order valence-corrected chi connectivity index (χ4v) is 2.73. The number of hydrogen-bond donors (Lipinski definition) is 0. The summed E-state index contributed by atoms with van der Waals surface area (Å²) in [5.41, 5.74) is 1.08. The Hall–Kier alpha value is -1.32. The summed E-state index contributed by atoms with van der Waals surface area (Å²) < 4.78 is 49.6. The third-order valence-corrected chi connectivity index (χ3v) is 3.96. The van der Waals surface area contributed by atoms with E-state index in [1.807, 2.05) is 0 Å². The Kier molecular flexibility index (Phi) is 4.51. The van der Waals surface area contributed by atoms with E-state index in [1.165, 1.54) is 25.0 Å². The van der Waals surface area contributed by atoms with Gasteiger partial charge in [0.2, 0.25) is 0 Å². The first-order valence-corrected chi connectivity index (χ1v) is 6.90. The highest BCUT2D eigenvalue weighted by molar-refractivity contribution is 5.59. The zero-order valence-corrected chi connectivity index (χ0v) is 11.4. The number of alkyl halides is 3. The lowest BCUT2D eigenvalue weighted by Crippen LogP contribution is -2.10. The van der Waals surface area contributed by atoms with Crippen molar-refractivity contribution >= 4 is 5.83 Å². The summed E-state index contributed by atoms with van der Waals surface area (Å²) in [7, 11) is 0. The van der Waals surface area contributed by atoms with Crippen LogP contribution in [-0.4, -0.2) is 6.18 Å². The van der Waals surface area contributed by atoms with Crippen LogP contribution in [0.15, 0.2) is 30.3 Å². The van der Waals surface area contributed by atoms with E-state index in [-0.39, 0.29) is 11.6 Å². The summed E-state index contributed by atoms with van der Waals surface area (Å²) in [5, 5.41) is 0. The molecule has 0 nitrogen and oxygen atoms in total. The summed E-state index contributed by atoms with van der Waals surface area (Å²) in [6.45, 7) is 2.23. The molecule has 0 aromatic heterocycles. The maximum atomic E-state index is 13.4. The Bertz CT molecular complexity index is 462. The number of halogens is 4. The lowest BCUT2D eigenvalue weighted by Gasteiger charge is -2.26. The van der Waals surface area contributed by atoms with Gasteiger partial charge in [0.25, 0.3) is 0 Å². The molecule has 0 bridgehead atoms. The van der Waals surface area contributed by atoms with Crippen LogP contribution >= 0.6 is 0 Å². The molecule has 4 heteroatoms. The SMILES string of the molecule is CC1CCC(c2ccc(/C(F)=C/C(F)(F)F)cc2)CC1. The van der Waals surface area contributed by atoms with Crippen LogP contribution in [0.25, 0.3) is 5.83 Å². The minimum Gasteiger partial charge on any atom is -0.206 e. The highest BCUT2D eigenvalue weighted by Gasteiger charge is 2.25. The molecule has 1 saturated carbocycles. The third-order valence-electron chi connectivity index (χ3n) is 3.96. The van der Waals surface area contributed by atoms with E-state index in [9.17, 15) is 17.6 Å². The van der Waals surface area contributed by atoms with Gasteiger partial charge in [0.1, 0.15) is 5.83 Å². The number of allylic oxidation sites excluding steroid dienone is 1. The van der Waals surface area contributed by atoms with E-state index in [0.29, 0.717) is 5.92 Å². The van der Waals surface area contributed by atoms with Gasteiger partial charge in [-0.2, -0.15) is 13.2 Å². The maximum absolute atomic E-state index is 13.4. The molecular weight excluding hydrogens is 268 g/mol. The molecule has 0 radical (unpaired) electrons. The van der Waals surface area contributed by atoms with Crippen LogP contribution in [0.2, 0.25) is 0 Å². The summed E-state index contributed by atoms with van der Waals surface area (Å²) in [6.07, 6.45) is -0.376. The second-order valence-electron chi connectivity index (χ2n) is 5.61. The quantitative estimate of drug-likeness (QED) is 0.598. The Labute approximate surface area is 116 Å². The van der Waals surface area contributed by atoms with E-state index in [0.717, 1.165) is 24.3 Å². The average Bonchev–Trinajstić information content (AvgIpc) is 2.38. The van der Waals surface area contributed by atoms with Gasteiger partial charge in [0.15, 0.2) is 0 Å². The zero-order valence-electron chi connectivity index (χ0n) is 11.4. The number of benzene rings is 1. The minimum absolute atomic E-state index is 0.0183. The van der Waals surface area contributed by atoms with Gasteiger partial charge < -0.3 is 0 Å². The second kappa shape index (κ2) is 5.98. The van der Waals surface area contributed by atoms with Crippen LogP contribution in [0, 0.1) is 5.92 Å². The molecule has 0 atom stereocenters. The van der Waals surface area contributed by atoms with Crippen LogP contribution in [0.3, 0.4) is 0 Å². The van der Waals surface area contributed by atoms with E-state index in [4.69, 9.17) is 0 Å². The van der Waals surface area contributed by atoms with Crippen LogP contribution in [0.1, 0.15) is 49.7 Å². The predicted molar refractivity (Wildman–Crippen MR) is 72.0 cm³/mol. The fraction of sp³-hybridized carbons (Fsp3) is 0.500. The molecule has 1 aliphatic rings. The molecule has 0 amide bonds. The predicted octanol–water partition coefficient (Wildman–Crippen LogP) is 5.85. The standard InChI is InChI=1S/C16H18F4/c1-11-2-4-12(5-3-11)13-6-8-14(9-7-13)15(17)10-16(18,19)20/h6-12H,2-5H2,1H3/b15-10-. The Balaban J connectivity index is 2.08. The molecule has 20 heavy (non-hydrogen) atoms. The van der Waals surface area contributed by atoms with Gasteiger partial charge in [-0.3, -0.25) is 0 Å². The second-order valence-corrected chi connectivity index (χ2v) is 5.61. The molecule has 0 N–H and O–H groups in total. The molecule has 0 unspecified atom stereocenters. The highest BCUT2D eigenvalue weighted by Crippen LogP contribution is 2.36. The van der Waals surface area contributed by atoms with Crippen molar-refractivity contribution < 1.29 is 17.6 Å². The molecule has 0 aliphatic heterocycles. The molecule has 110 valence electrons. The van der Waals surface area contributed by atoms with Crippen LogP contribution in [-0.2, 0) is 0 Å². The van der Waals surface area contributed by atoms with Crippen molar-refractivity contribution in [1.82, 2.24) is 0 Å².